The molecule has 11 nitrogen and oxygen atoms in total. The van der Waals surface area contributed by atoms with Gasteiger partial charge >= 0.3 is 30.3 Å². The van der Waals surface area contributed by atoms with Gasteiger partial charge in [-0.2, -0.15) is 26.3 Å². The van der Waals surface area contributed by atoms with Crippen molar-refractivity contribution in [2.45, 2.75) is 50.7 Å². The van der Waals surface area contributed by atoms with Crippen LogP contribution >= 0.6 is 0 Å². The van der Waals surface area contributed by atoms with Gasteiger partial charge in [-0.1, -0.05) is 37.3 Å². The number of rotatable bonds is 8. The van der Waals surface area contributed by atoms with Gasteiger partial charge in [0.1, 0.15) is 5.54 Å². The number of imide groups is 1. The van der Waals surface area contributed by atoms with E-state index in [4.69, 9.17) is 14.6 Å². The molecule has 2 aliphatic heterocycles. The van der Waals surface area contributed by atoms with E-state index in [0.717, 1.165) is 34.7 Å². The minimum atomic E-state index is -5.08. The number of ether oxygens (including phenoxy) is 1. The summed E-state index contributed by atoms with van der Waals surface area (Å²) >= 11 is 0. The maximum Gasteiger partial charge on any atom is 0.490 e. The fraction of sp³-hybridized carbons (Fsp3) is 0.433. The van der Waals surface area contributed by atoms with Gasteiger partial charge in [0.2, 0.25) is 11.8 Å². The SMILES string of the molecule is CCN(C[C@H]1N[C@@](CC)(C(=O)OC)[C@H]2C(=O)N(Cc3ccccc3)C(=O)[C@@H]12)C(=O)Nc1ccc(C(F)(F)F)cc1.O=C(O)C(F)(F)F. The standard InChI is InChI=1S/C28H31F3N4O5.C2HF3O2/c1-4-27(25(38)40-3)22-21(23(36)35(24(22)37)15-17-9-7-6-8-10-17)20(33-27)16-34(5-2)26(39)32-19-13-11-18(12-14-19)28(29,30)31;3-2(4,5)1(6)7/h6-14,20-22,33H,4-5,15-16H2,1-3H3,(H,32,39);(H,6,7)/t20-,21+,22-,27-;/m1./s1. The van der Waals surface area contributed by atoms with Crippen molar-refractivity contribution in [3.8, 4) is 0 Å². The Balaban J connectivity index is 0.000000771. The number of alkyl halides is 6. The number of fused-ring (bicyclic) bond motifs is 1. The molecule has 0 bridgehead atoms. The van der Waals surface area contributed by atoms with Crippen LogP contribution < -0.4 is 10.6 Å². The summed E-state index contributed by atoms with van der Waals surface area (Å²) in [6.07, 6.45) is -9.42. The Hall–Kier alpha value is -4.67. The van der Waals surface area contributed by atoms with Crippen LogP contribution in [0, 0.1) is 11.8 Å². The van der Waals surface area contributed by atoms with Crippen molar-refractivity contribution in [3.05, 3.63) is 65.7 Å². The minimum absolute atomic E-state index is 0.0406. The zero-order valence-corrected chi connectivity index (χ0v) is 25.3. The van der Waals surface area contributed by atoms with Gasteiger partial charge < -0.3 is 20.1 Å². The van der Waals surface area contributed by atoms with Crippen molar-refractivity contribution >= 4 is 35.5 Å². The number of urea groups is 1. The number of likely N-dealkylation sites (tertiary alicyclic amines) is 1. The van der Waals surface area contributed by atoms with Crippen molar-refractivity contribution in [3.63, 3.8) is 0 Å². The lowest BCUT2D eigenvalue weighted by atomic mass is 9.78. The molecule has 256 valence electrons. The fourth-order valence-corrected chi connectivity index (χ4v) is 5.64. The average Bonchev–Trinajstić information content (AvgIpc) is 3.48. The maximum atomic E-state index is 13.7. The Labute approximate surface area is 264 Å². The number of hydrogen-bond donors (Lipinski definition) is 3. The van der Waals surface area contributed by atoms with Crippen molar-refractivity contribution in [1.29, 1.82) is 0 Å². The van der Waals surface area contributed by atoms with E-state index in [2.05, 4.69) is 10.6 Å². The van der Waals surface area contributed by atoms with Crippen LogP contribution in [0.2, 0.25) is 0 Å². The zero-order chi connectivity index (χ0) is 35.3. The predicted molar refractivity (Wildman–Crippen MR) is 152 cm³/mol. The third kappa shape index (κ3) is 8.01. The van der Waals surface area contributed by atoms with E-state index in [1.54, 1.807) is 38.1 Å². The zero-order valence-electron chi connectivity index (χ0n) is 25.3. The van der Waals surface area contributed by atoms with Gasteiger partial charge in [0.25, 0.3) is 0 Å². The summed E-state index contributed by atoms with van der Waals surface area (Å²) in [6.45, 7) is 3.62. The van der Waals surface area contributed by atoms with Crippen LogP contribution in [-0.2, 0) is 36.6 Å². The summed E-state index contributed by atoms with van der Waals surface area (Å²) in [4.78, 5) is 64.9. The van der Waals surface area contributed by atoms with E-state index < -0.39 is 71.1 Å². The molecule has 3 N–H and O–H groups in total. The molecule has 2 aliphatic rings. The van der Waals surface area contributed by atoms with Gasteiger partial charge in [-0.15, -0.1) is 0 Å². The highest BCUT2D eigenvalue weighted by molar-refractivity contribution is 6.09. The first-order valence-electron chi connectivity index (χ1n) is 14.2. The smallest absolute Gasteiger partial charge is 0.475 e. The molecule has 2 heterocycles. The molecule has 4 amide bonds. The number of likely N-dealkylation sites (N-methyl/N-ethyl adjacent to an activating group) is 1. The topological polar surface area (TPSA) is 145 Å². The van der Waals surface area contributed by atoms with Crippen LogP contribution in [0.4, 0.5) is 36.8 Å². The van der Waals surface area contributed by atoms with Crippen LogP contribution in [-0.4, -0.2) is 82.6 Å². The van der Waals surface area contributed by atoms with E-state index in [0.29, 0.717) is 0 Å². The largest absolute Gasteiger partial charge is 0.490 e. The number of nitrogens with one attached hydrogen (secondary N) is 2. The number of esters is 1. The molecular weight excluding hydrogens is 642 g/mol. The number of carbonyl (C=O) groups excluding carboxylic acids is 4. The highest BCUT2D eigenvalue weighted by atomic mass is 19.4. The molecule has 4 atom stereocenters. The number of carboxylic acid groups (broad SMARTS) is 1. The van der Waals surface area contributed by atoms with Gasteiger partial charge in [-0.25, -0.2) is 9.59 Å². The van der Waals surface area contributed by atoms with E-state index in [1.807, 2.05) is 6.07 Å². The number of amides is 4. The van der Waals surface area contributed by atoms with Crippen LogP contribution in [0.25, 0.3) is 0 Å². The summed E-state index contributed by atoms with van der Waals surface area (Å²) < 4.78 is 75.5. The second-order valence-corrected chi connectivity index (χ2v) is 10.7. The van der Waals surface area contributed by atoms with Crippen molar-refractivity contribution in [2.75, 3.05) is 25.5 Å². The number of methoxy groups -OCH3 is 1. The van der Waals surface area contributed by atoms with Gasteiger partial charge in [0, 0.05) is 24.8 Å². The van der Waals surface area contributed by atoms with E-state index >= 15 is 0 Å². The maximum absolute atomic E-state index is 13.7. The molecule has 0 aromatic heterocycles. The number of nitrogens with zero attached hydrogens (tertiary/aromatic N) is 2. The number of anilines is 1. The van der Waals surface area contributed by atoms with Gasteiger partial charge in [0.15, 0.2) is 0 Å². The molecule has 0 saturated carbocycles. The fourth-order valence-electron chi connectivity index (χ4n) is 5.64. The number of carboxylic acids is 1. The molecule has 2 fully saturated rings. The second-order valence-electron chi connectivity index (χ2n) is 10.7. The van der Waals surface area contributed by atoms with E-state index in [9.17, 15) is 45.5 Å². The summed E-state index contributed by atoms with van der Waals surface area (Å²) in [6, 6.07) is 11.7. The van der Waals surface area contributed by atoms with Crippen LogP contribution in [0.15, 0.2) is 54.6 Å². The number of aliphatic carboxylic acids is 1. The molecule has 2 aromatic carbocycles. The van der Waals surface area contributed by atoms with Crippen LogP contribution in [0.3, 0.4) is 0 Å². The van der Waals surface area contributed by atoms with E-state index in [1.165, 1.54) is 12.0 Å². The van der Waals surface area contributed by atoms with E-state index in [-0.39, 0.29) is 31.7 Å². The summed E-state index contributed by atoms with van der Waals surface area (Å²) in [5.74, 6) is -6.32. The molecule has 0 unspecified atom stereocenters. The highest BCUT2D eigenvalue weighted by Gasteiger charge is 2.68. The number of carbonyl (C=O) groups is 5. The lowest BCUT2D eigenvalue weighted by Crippen LogP contribution is -2.58. The summed E-state index contributed by atoms with van der Waals surface area (Å²) in [7, 11) is 1.21. The third-order valence-corrected chi connectivity index (χ3v) is 7.93. The van der Waals surface area contributed by atoms with Gasteiger partial charge in [0.05, 0.1) is 31.1 Å². The van der Waals surface area contributed by atoms with Crippen molar-refractivity contribution in [1.82, 2.24) is 15.1 Å². The highest BCUT2D eigenvalue weighted by Crippen LogP contribution is 2.45. The Bertz CT molecular complexity index is 1470. The first-order chi connectivity index (χ1) is 21.9. The Morgan fingerprint density at radius 3 is 2.02 bits per heavy atom. The van der Waals surface area contributed by atoms with Crippen LogP contribution in [0.5, 0.6) is 0 Å². The second kappa shape index (κ2) is 14.4. The molecule has 0 aliphatic carbocycles. The van der Waals surface area contributed by atoms with Gasteiger partial charge in [-0.05, 0) is 43.2 Å². The molecule has 47 heavy (non-hydrogen) atoms. The monoisotopic (exact) mass is 674 g/mol. The first kappa shape index (κ1) is 36.8. The molecule has 17 heteroatoms. The quantitative estimate of drug-likeness (QED) is 0.214. The first-order valence-corrected chi connectivity index (χ1v) is 14.2. The molecule has 2 aromatic rings. The lowest BCUT2D eigenvalue weighted by molar-refractivity contribution is -0.192. The molecular formula is C30H32F6N4O7. The number of halogens is 6. The van der Waals surface area contributed by atoms with Gasteiger partial charge in [-0.3, -0.25) is 24.6 Å². The number of benzene rings is 2. The Morgan fingerprint density at radius 1 is 0.979 bits per heavy atom. The van der Waals surface area contributed by atoms with Crippen LogP contribution in [0.1, 0.15) is 31.4 Å². The third-order valence-electron chi connectivity index (χ3n) is 7.93. The molecule has 2 saturated heterocycles. The Kier molecular flexibility index (Phi) is 11.3. The Morgan fingerprint density at radius 2 is 1.55 bits per heavy atom. The minimum Gasteiger partial charge on any atom is -0.475 e. The van der Waals surface area contributed by atoms with Crippen molar-refractivity contribution < 1.29 is 60.2 Å². The lowest BCUT2D eigenvalue weighted by Gasteiger charge is -2.32. The predicted octanol–water partition coefficient (Wildman–Crippen LogP) is 4.29. The molecule has 4 rings (SSSR count). The summed E-state index contributed by atoms with van der Waals surface area (Å²) in [5.41, 5.74) is -1.40. The van der Waals surface area contributed by atoms with Crippen molar-refractivity contribution in [2.24, 2.45) is 11.8 Å². The number of hydrogen-bond acceptors (Lipinski definition) is 7. The average molecular weight is 675 g/mol. The molecule has 0 spiro atoms. The molecule has 0 radical (unpaired) electrons. The summed E-state index contributed by atoms with van der Waals surface area (Å²) in [5, 5.41) is 12.9. The normalized spacial score (nSPS) is 22.2.